The van der Waals surface area contributed by atoms with Crippen molar-refractivity contribution in [3.8, 4) is 5.69 Å². The Hall–Kier alpha value is -3.57. The van der Waals surface area contributed by atoms with Gasteiger partial charge in [-0.1, -0.05) is 35.3 Å². The minimum atomic E-state index is -0.295. The number of thioether (sulfide) groups is 1. The summed E-state index contributed by atoms with van der Waals surface area (Å²) in [5, 5.41) is 5.81. The first-order chi connectivity index (χ1) is 21.4. The van der Waals surface area contributed by atoms with Gasteiger partial charge in [0, 0.05) is 73.6 Å². The second kappa shape index (κ2) is 12.1. The van der Waals surface area contributed by atoms with Crippen molar-refractivity contribution in [1.82, 2.24) is 29.5 Å². The van der Waals surface area contributed by atoms with Crippen molar-refractivity contribution >= 4 is 58.4 Å². The van der Waals surface area contributed by atoms with E-state index in [0.29, 0.717) is 64.8 Å². The van der Waals surface area contributed by atoms with E-state index in [9.17, 15) is 14.0 Å². The molecule has 0 bridgehead atoms. The van der Waals surface area contributed by atoms with Crippen molar-refractivity contribution in [1.29, 1.82) is 0 Å². The van der Waals surface area contributed by atoms with Gasteiger partial charge in [0.25, 0.3) is 11.8 Å². The van der Waals surface area contributed by atoms with Crippen LogP contribution in [0.15, 0.2) is 60.8 Å². The Bertz CT molecular complexity index is 1740. The van der Waals surface area contributed by atoms with Gasteiger partial charge in [0.05, 0.1) is 16.4 Å². The third-order valence-electron chi connectivity index (χ3n) is 8.44. The predicted octanol–water partition coefficient (Wildman–Crippen LogP) is 5.72. The molecule has 226 valence electrons. The summed E-state index contributed by atoms with van der Waals surface area (Å²) in [5.74, 6) is 0.962. The van der Waals surface area contributed by atoms with E-state index >= 15 is 0 Å². The van der Waals surface area contributed by atoms with Gasteiger partial charge in [-0.15, -0.1) is 0 Å². The van der Waals surface area contributed by atoms with Crippen LogP contribution in [0, 0.1) is 5.82 Å². The Morgan fingerprint density at radius 1 is 0.955 bits per heavy atom. The number of aromatic nitrogens is 3. The average Bonchev–Trinajstić information content (AvgIpc) is 3.67. The molecule has 0 radical (unpaired) electrons. The maximum Gasteiger partial charge on any atom is 0.274 e. The fourth-order valence-corrected chi connectivity index (χ4v) is 7.55. The number of rotatable bonds is 5. The van der Waals surface area contributed by atoms with Crippen molar-refractivity contribution in [3.63, 3.8) is 0 Å². The lowest BCUT2D eigenvalue weighted by Gasteiger charge is -2.48. The van der Waals surface area contributed by atoms with E-state index in [-0.39, 0.29) is 23.7 Å². The van der Waals surface area contributed by atoms with Crippen LogP contribution in [0.1, 0.15) is 37.8 Å². The van der Waals surface area contributed by atoms with Crippen molar-refractivity contribution in [2.45, 2.75) is 11.8 Å². The second-order valence-electron chi connectivity index (χ2n) is 11.2. The second-order valence-corrected chi connectivity index (χ2v) is 13.0. The smallest absolute Gasteiger partial charge is 0.274 e. The minimum Gasteiger partial charge on any atom is -0.357 e. The first-order valence-electron chi connectivity index (χ1n) is 14.4. The maximum absolute atomic E-state index is 13.9. The largest absolute Gasteiger partial charge is 0.357 e. The fraction of sp³-hybridized carbons (Fsp3) is 0.281. The zero-order valence-corrected chi connectivity index (χ0v) is 26.0. The molecule has 0 spiro atoms. The van der Waals surface area contributed by atoms with Gasteiger partial charge in [0.1, 0.15) is 11.5 Å². The molecule has 0 atom stereocenters. The van der Waals surface area contributed by atoms with E-state index in [1.807, 2.05) is 28.0 Å². The Balaban J connectivity index is 1.12. The number of H-pyrrole nitrogens is 1. The number of nitrogens with zero attached hydrogens (tertiary/aromatic N) is 5. The molecule has 2 aromatic heterocycles. The highest BCUT2D eigenvalue weighted by Gasteiger charge is 2.40. The van der Waals surface area contributed by atoms with Crippen LogP contribution in [0.3, 0.4) is 0 Å². The van der Waals surface area contributed by atoms with E-state index in [4.69, 9.17) is 28.3 Å². The molecule has 2 fully saturated rings. The Morgan fingerprint density at radius 3 is 2.43 bits per heavy atom. The Labute approximate surface area is 268 Å². The zero-order chi connectivity index (χ0) is 30.4. The summed E-state index contributed by atoms with van der Waals surface area (Å²) in [4.78, 5) is 35.7. The lowest BCUT2D eigenvalue weighted by Crippen LogP contribution is -2.64. The number of likely N-dealkylation sites (tertiary alicyclic amines) is 1. The number of halogens is 3. The third-order valence-corrected chi connectivity index (χ3v) is 9.98. The molecular formula is C32H29Cl2FN6O2S. The van der Waals surface area contributed by atoms with Gasteiger partial charge < -0.3 is 14.8 Å². The normalized spacial score (nSPS) is 18.4. The molecule has 4 aromatic rings. The van der Waals surface area contributed by atoms with Crippen LogP contribution in [-0.4, -0.2) is 92.3 Å². The van der Waals surface area contributed by atoms with Crippen molar-refractivity contribution < 1.29 is 14.0 Å². The van der Waals surface area contributed by atoms with Gasteiger partial charge >= 0.3 is 0 Å². The zero-order valence-electron chi connectivity index (χ0n) is 23.7. The fourth-order valence-electron chi connectivity index (χ4n) is 6.04. The number of carbonyl (C=O) groups is 2. The monoisotopic (exact) mass is 650 g/mol. The van der Waals surface area contributed by atoms with Gasteiger partial charge in [-0.05, 0) is 59.7 Å². The lowest BCUT2D eigenvalue weighted by molar-refractivity contribution is 0.00807. The number of amides is 2. The van der Waals surface area contributed by atoms with Gasteiger partial charge in [0.15, 0.2) is 5.69 Å². The molecule has 5 heterocycles. The van der Waals surface area contributed by atoms with E-state index < -0.39 is 0 Å². The number of hydrogen-bond donors (Lipinski definition) is 1. The predicted molar refractivity (Wildman–Crippen MR) is 172 cm³/mol. The van der Waals surface area contributed by atoms with E-state index in [0.717, 1.165) is 35.5 Å². The quantitative estimate of drug-likeness (QED) is 0.299. The van der Waals surface area contributed by atoms with Gasteiger partial charge in [-0.25, -0.2) is 9.07 Å². The molecule has 1 N–H and O–H groups in total. The Morgan fingerprint density at radius 2 is 1.73 bits per heavy atom. The number of carbonyl (C=O) groups excluding carboxylic acids is 2. The first-order valence-corrected chi connectivity index (χ1v) is 16.3. The van der Waals surface area contributed by atoms with Crippen LogP contribution in [0.4, 0.5) is 4.39 Å². The van der Waals surface area contributed by atoms with Crippen molar-refractivity contribution in [2.75, 3.05) is 45.0 Å². The average molecular weight is 652 g/mol. The Kier molecular flexibility index (Phi) is 8.01. The number of fused-ring (bicyclic) bond motifs is 1. The molecule has 3 aliphatic rings. The molecule has 2 amide bonds. The van der Waals surface area contributed by atoms with Crippen LogP contribution < -0.4 is 0 Å². The molecule has 0 aliphatic carbocycles. The SMILES string of the molecule is O=C(c1ccc[nH]1)N1CCN(C2CN(C(=O)c3nn(-c4ccc(Cl)cc4Cl)c4c3CSCC4=Cc3ccc(F)cc3)C2)CC1. The topological polar surface area (TPSA) is 77.5 Å². The molecule has 3 aliphatic heterocycles. The number of piperazine rings is 1. The van der Waals surface area contributed by atoms with Crippen LogP contribution in [0.25, 0.3) is 17.3 Å². The van der Waals surface area contributed by atoms with Crippen LogP contribution in [-0.2, 0) is 5.75 Å². The lowest BCUT2D eigenvalue weighted by atomic mass is 10.0. The highest BCUT2D eigenvalue weighted by molar-refractivity contribution is 7.99. The van der Waals surface area contributed by atoms with Crippen molar-refractivity contribution in [3.05, 3.63) is 105 Å². The number of nitrogens with one attached hydrogen (secondary N) is 1. The van der Waals surface area contributed by atoms with Gasteiger partial charge in [-0.3, -0.25) is 14.5 Å². The maximum atomic E-state index is 13.9. The standard InChI is InChI=1S/C32H29Cl2FN6O2S/c33-22-5-8-28(26(34)15-22)41-30-21(14-20-3-6-23(35)7-4-20)18-44-19-25(30)29(37-41)32(43)40-16-24(17-40)38-10-12-39(13-11-38)31(42)27-2-1-9-36-27/h1-9,14-15,24,36H,10-13,16-19H2. The summed E-state index contributed by atoms with van der Waals surface area (Å²) >= 11 is 14.6. The summed E-state index contributed by atoms with van der Waals surface area (Å²) < 4.78 is 15.4. The molecular weight excluding hydrogens is 622 g/mol. The molecule has 7 rings (SSSR count). The van der Waals surface area contributed by atoms with E-state index in [2.05, 4.69) is 9.88 Å². The van der Waals surface area contributed by atoms with E-state index in [1.54, 1.807) is 53.0 Å². The number of aromatic amines is 1. The molecule has 44 heavy (non-hydrogen) atoms. The summed E-state index contributed by atoms with van der Waals surface area (Å²) in [5.41, 5.74) is 5.20. The summed E-state index contributed by atoms with van der Waals surface area (Å²) in [6.45, 7) is 4.07. The highest BCUT2D eigenvalue weighted by Crippen LogP contribution is 2.39. The van der Waals surface area contributed by atoms with Crippen molar-refractivity contribution in [2.24, 2.45) is 0 Å². The third kappa shape index (κ3) is 5.56. The van der Waals surface area contributed by atoms with Gasteiger partial charge in [0.2, 0.25) is 0 Å². The molecule has 0 saturated carbocycles. The van der Waals surface area contributed by atoms with Crippen LogP contribution in [0.5, 0.6) is 0 Å². The summed E-state index contributed by atoms with van der Waals surface area (Å²) in [6.07, 6.45) is 3.77. The molecule has 8 nitrogen and oxygen atoms in total. The van der Waals surface area contributed by atoms with Crippen LogP contribution in [0.2, 0.25) is 10.0 Å². The minimum absolute atomic E-state index is 0.0203. The highest BCUT2D eigenvalue weighted by atomic mass is 35.5. The first kappa shape index (κ1) is 29.2. The van der Waals surface area contributed by atoms with E-state index in [1.165, 1.54) is 12.1 Å². The molecule has 12 heteroatoms. The number of benzene rings is 2. The molecule has 2 saturated heterocycles. The molecule has 0 unspecified atom stereocenters. The van der Waals surface area contributed by atoms with Gasteiger partial charge in [-0.2, -0.15) is 16.9 Å². The van der Waals surface area contributed by atoms with Crippen LogP contribution >= 0.6 is 35.0 Å². The number of hydrogen-bond acceptors (Lipinski definition) is 5. The summed E-state index contributed by atoms with van der Waals surface area (Å²) in [7, 11) is 0. The molecule has 2 aromatic carbocycles. The summed E-state index contributed by atoms with van der Waals surface area (Å²) in [6, 6.07) is 15.4.